The largest absolute Gasteiger partial charge is 0.391 e. The van der Waals surface area contributed by atoms with Crippen LogP contribution in [-0.4, -0.2) is 46.7 Å². The number of anilines is 1. The van der Waals surface area contributed by atoms with Gasteiger partial charge in [0.2, 0.25) is 5.91 Å². The van der Waals surface area contributed by atoms with Crippen LogP contribution in [-0.2, 0) is 11.8 Å². The molecule has 1 aromatic rings. The lowest BCUT2D eigenvalue weighted by atomic mass is 10.0. The molecule has 0 saturated carbocycles. The van der Waals surface area contributed by atoms with Crippen molar-refractivity contribution in [3.05, 3.63) is 28.2 Å². The Kier molecular flexibility index (Phi) is 4.25. The molecule has 2 heterocycles. The van der Waals surface area contributed by atoms with Crippen LogP contribution in [0.5, 0.6) is 0 Å². The second-order valence-corrected chi connectivity index (χ2v) is 5.55. The number of aliphatic hydroxyl groups excluding tert-OH is 1. The Balaban J connectivity index is 2.02. The predicted octanol–water partition coefficient (Wildman–Crippen LogP) is -0.0552. The van der Waals surface area contributed by atoms with Gasteiger partial charge in [0.15, 0.2) is 0 Å². The number of aliphatic hydroxyl groups is 1. The fourth-order valence-corrected chi connectivity index (χ4v) is 2.53. The van der Waals surface area contributed by atoms with Crippen LogP contribution in [0.15, 0.2) is 16.9 Å². The molecular formula is C14H21N3O3. The summed E-state index contributed by atoms with van der Waals surface area (Å²) < 4.78 is 1.49. The van der Waals surface area contributed by atoms with E-state index in [2.05, 4.69) is 5.32 Å². The molecular weight excluding hydrogens is 258 g/mol. The van der Waals surface area contributed by atoms with Crippen LogP contribution in [0.4, 0.5) is 5.69 Å². The lowest BCUT2D eigenvalue weighted by Gasteiger charge is -2.13. The number of aryl methyl sites for hydroxylation is 1. The van der Waals surface area contributed by atoms with Gasteiger partial charge < -0.3 is 19.9 Å². The number of hydrogen-bond donors (Lipinski definition) is 2. The van der Waals surface area contributed by atoms with Crippen molar-refractivity contribution in [2.45, 2.75) is 19.4 Å². The van der Waals surface area contributed by atoms with Crippen LogP contribution < -0.4 is 10.9 Å². The van der Waals surface area contributed by atoms with E-state index in [1.165, 1.54) is 4.57 Å². The summed E-state index contributed by atoms with van der Waals surface area (Å²) in [7, 11) is 3.58. The Morgan fingerprint density at radius 3 is 2.70 bits per heavy atom. The minimum atomic E-state index is -0.480. The molecule has 1 aromatic heterocycles. The molecule has 6 heteroatoms. The standard InChI is InChI=1S/C14H21N3O3/c1-9-4-5-11(14(20)17(9)3)15-13(19)6-10-7-16(2)8-12(10)18/h4-5,10,12,18H,6-8H2,1-3H3,(H,15,19)/t10-,12-/m1/s1. The van der Waals surface area contributed by atoms with Crippen molar-refractivity contribution in [1.82, 2.24) is 9.47 Å². The molecule has 0 unspecified atom stereocenters. The maximum Gasteiger partial charge on any atom is 0.274 e. The van der Waals surface area contributed by atoms with Crippen molar-refractivity contribution in [1.29, 1.82) is 0 Å². The second-order valence-electron chi connectivity index (χ2n) is 5.55. The number of likely N-dealkylation sites (tertiary alicyclic amines) is 1. The molecule has 1 saturated heterocycles. The SMILES string of the molecule is Cc1ccc(NC(=O)C[C@@H]2CN(C)C[C@H]2O)c(=O)n1C. The Hall–Kier alpha value is -1.66. The zero-order chi connectivity index (χ0) is 14.9. The number of aromatic nitrogens is 1. The van der Waals surface area contributed by atoms with Crippen LogP contribution in [0.2, 0.25) is 0 Å². The first-order chi connectivity index (χ1) is 9.38. The van der Waals surface area contributed by atoms with Crippen LogP contribution in [0.1, 0.15) is 12.1 Å². The molecule has 0 spiro atoms. The first-order valence-electron chi connectivity index (χ1n) is 6.71. The number of nitrogens with one attached hydrogen (secondary N) is 1. The number of carbonyl (C=O) groups excluding carboxylic acids is 1. The minimum Gasteiger partial charge on any atom is -0.391 e. The summed E-state index contributed by atoms with van der Waals surface area (Å²) in [5.74, 6) is -0.306. The first kappa shape index (κ1) is 14.7. The maximum atomic E-state index is 12.0. The Bertz CT molecular complexity index is 567. The van der Waals surface area contributed by atoms with Gasteiger partial charge in [-0.15, -0.1) is 0 Å². The van der Waals surface area contributed by atoms with Crippen LogP contribution in [0, 0.1) is 12.8 Å². The van der Waals surface area contributed by atoms with Crippen molar-refractivity contribution in [2.24, 2.45) is 13.0 Å². The minimum absolute atomic E-state index is 0.0747. The fraction of sp³-hybridized carbons (Fsp3) is 0.571. The van der Waals surface area contributed by atoms with Crippen LogP contribution >= 0.6 is 0 Å². The van der Waals surface area contributed by atoms with Crippen molar-refractivity contribution in [3.63, 3.8) is 0 Å². The highest BCUT2D eigenvalue weighted by Gasteiger charge is 2.30. The molecule has 0 radical (unpaired) electrons. The Labute approximate surface area is 118 Å². The lowest BCUT2D eigenvalue weighted by Crippen LogP contribution is -2.28. The Morgan fingerprint density at radius 2 is 2.10 bits per heavy atom. The molecule has 0 bridgehead atoms. The number of carbonyl (C=O) groups is 1. The van der Waals surface area contributed by atoms with E-state index in [1.54, 1.807) is 19.2 Å². The van der Waals surface area contributed by atoms with Gasteiger partial charge in [-0.2, -0.15) is 0 Å². The van der Waals surface area contributed by atoms with E-state index in [-0.39, 0.29) is 29.5 Å². The number of likely N-dealkylation sites (N-methyl/N-ethyl adjacent to an activating group) is 1. The zero-order valence-corrected chi connectivity index (χ0v) is 12.1. The van der Waals surface area contributed by atoms with Gasteiger partial charge in [-0.3, -0.25) is 9.59 Å². The summed E-state index contributed by atoms with van der Waals surface area (Å²) in [5, 5.41) is 12.5. The molecule has 2 atom stereocenters. The first-order valence-corrected chi connectivity index (χ1v) is 6.71. The van der Waals surface area contributed by atoms with Crippen molar-refractivity contribution in [3.8, 4) is 0 Å². The van der Waals surface area contributed by atoms with Gasteiger partial charge in [0.25, 0.3) is 5.56 Å². The monoisotopic (exact) mass is 279 g/mol. The van der Waals surface area contributed by atoms with E-state index < -0.39 is 6.10 Å². The van der Waals surface area contributed by atoms with Crippen LogP contribution in [0.3, 0.4) is 0 Å². The molecule has 20 heavy (non-hydrogen) atoms. The van der Waals surface area contributed by atoms with E-state index in [1.807, 2.05) is 18.9 Å². The molecule has 6 nitrogen and oxygen atoms in total. The summed E-state index contributed by atoms with van der Waals surface area (Å²) in [6.07, 6.45) is -0.255. The van der Waals surface area contributed by atoms with Gasteiger partial charge in [0, 0.05) is 38.2 Å². The molecule has 1 fully saturated rings. The number of pyridine rings is 1. The molecule has 2 N–H and O–H groups in total. The highest BCUT2D eigenvalue weighted by molar-refractivity contribution is 5.90. The van der Waals surface area contributed by atoms with Gasteiger partial charge in [0.05, 0.1) is 6.10 Å². The Morgan fingerprint density at radius 1 is 1.40 bits per heavy atom. The van der Waals surface area contributed by atoms with Crippen molar-refractivity contribution >= 4 is 11.6 Å². The normalized spacial score (nSPS) is 23.0. The van der Waals surface area contributed by atoms with Crippen molar-refractivity contribution < 1.29 is 9.90 Å². The molecule has 0 aromatic carbocycles. The smallest absolute Gasteiger partial charge is 0.274 e. The fourth-order valence-electron chi connectivity index (χ4n) is 2.53. The van der Waals surface area contributed by atoms with Gasteiger partial charge in [-0.05, 0) is 26.1 Å². The van der Waals surface area contributed by atoms with Gasteiger partial charge >= 0.3 is 0 Å². The third-order valence-corrected chi connectivity index (χ3v) is 3.87. The number of amides is 1. The second kappa shape index (κ2) is 5.76. The average molecular weight is 279 g/mol. The third-order valence-electron chi connectivity index (χ3n) is 3.87. The molecule has 1 aliphatic rings. The molecule has 1 amide bonds. The van der Waals surface area contributed by atoms with E-state index in [0.29, 0.717) is 13.1 Å². The summed E-state index contributed by atoms with van der Waals surface area (Å²) in [5.41, 5.74) is 0.896. The number of nitrogens with zero attached hydrogens (tertiary/aromatic N) is 2. The highest BCUT2D eigenvalue weighted by Crippen LogP contribution is 2.19. The molecule has 2 rings (SSSR count). The lowest BCUT2D eigenvalue weighted by molar-refractivity contribution is -0.117. The molecule has 1 aliphatic heterocycles. The summed E-state index contributed by atoms with van der Waals surface area (Å²) in [6.45, 7) is 3.11. The van der Waals surface area contributed by atoms with Crippen LogP contribution in [0.25, 0.3) is 0 Å². The molecule has 110 valence electrons. The number of β-amino-alcohol motifs (C(OH)–C–C–N with tert-alkyl or cyclic N) is 1. The number of rotatable bonds is 3. The van der Waals surface area contributed by atoms with Crippen molar-refractivity contribution in [2.75, 3.05) is 25.5 Å². The predicted molar refractivity (Wildman–Crippen MR) is 76.7 cm³/mol. The summed E-state index contributed by atoms with van der Waals surface area (Å²) in [6, 6.07) is 3.40. The summed E-state index contributed by atoms with van der Waals surface area (Å²) >= 11 is 0. The topological polar surface area (TPSA) is 74.6 Å². The third kappa shape index (κ3) is 3.08. The average Bonchev–Trinajstić information content (AvgIpc) is 2.68. The van der Waals surface area contributed by atoms with E-state index in [0.717, 1.165) is 5.69 Å². The highest BCUT2D eigenvalue weighted by atomic mass is 16.3. The van der Waals surface area contributed by atoms with E-state index >= 15 is 0 Å². The zero-order valence-electron chi connectivity index (χ0n) is 12.1. The maximum absolute atomic E-state index is 12.0. The summed E-state index contributed by atoms with van der Waals surface area (Å²) in [4.78, 5) is 25.9. The van der Waals surface area contributed by atoms with Gasteiger partial charge in [0.1, 0.15) is 5.69 Å². The quantitative estimate of drug-likeness (QED) is 0.813. The van der Waals surface area contributed by atoms with Gasteiger partial charge in [-0.1, -0.05) is 0 Å². The van der Waals surface area contributed by atoms with E-state index in [4.69, 9.17) is 0 Å². The number of hydrogen-bond acceptors (Lipinski definition) is 4. The molecule has 0 aliphatic carbocycles. The van der Waals surface area contributed by atoms with Gasteiger partial charge in [-0.25, -0.2) is 0 Å². The van der Waals surface area contributed by atoms with E-state index in [9.17, 15) is 14.7 Å².